The first-order valence-corrected chi connectivity index (χ1v) is 13.6. The van der Waals surface area contributed by atoms with Gasteiger partial charge in [0.1, 0.15) is 0 Å². The molecule has 5 aromatic rings. The summed E-state index contributed by atoms with van der Waals surface area (Å²) in [6.07, 6.45) is 1.74. The van der Waals surface area contributed by atoms with Gasteiger partial charge in [0.05, 0.1) is 35.8 Å². The number of methoxy groups -OCH3 is 1. The number of hydrogen-bond acceptors (Lipinski definition) is 8. The van der Waals surface area contributed by atoms with Crippen molar-refractivity contribution in [3.05, 3.63) is 125 Å². The summed E-state index contributed by atoms with van der Waals surface area (Å²) in [5.74, 6) is 2.23. The smallest absolute Gasteiger partial charge is 0.337 e. The maximum absolute atomic E-state index is 12.2. The maximum atomic E-state index is 12.2. The van der Waals surface area contributed by atoms with Gasteiger partial charge in [-0.2, -0.15) is 9.78 Å². The van der Waals surface area contributed by atoms with Gasteiger partial charge in [-0.1, -0.05) is 48.0 Å². The van der Waals surface area contributed by atoms with Crippen LogP contribution in [0.1, 0.15) is 38.8 Å². The fraction of sp³-hybridized carbons (Fsp3) is 0.121. The van der Waals surface area contributed by atoms with E-state index in [4.69, 9.17) is 19.8 Å². The number of esters is 1. The lowest BCUT2D eigenvalue weighted by Crippen LogP contribution is -2.46. The molecule has 0 saturated heterocycles. The lowest BCUT2D eigenvalue weighted by molar-refractivity contribution is 0.0600. The van der Waals surface area contributed by atoms with Crippen LogP contribution >= 0.6 is 0 Å². The van der Waals surface area contributed by atoms with E-state index in [-0.39, 0.29) is 12.0 Å². The molecule has 0 unspecified atom stereocenters. The molecule has 4 heterocycles. The van der Waals surface area contributed by atoms with Crippen molar-refractivity contribution in [3.63, 3.8) is 0 Å². The molecule has 0 fully saturated rings. The fourth-order valence-corrected chi connectivity index (χ4v) is 5.44. The van der Waals surface area contributed by atoms with Gasteiger partial charge in [-0.25, -0.2) is 19.8 Å². The number of ether oxygens (including phenoxy) is 1. The van der Waals surface area contributed by atoms with Crippen molar-refractivity contribution in [2.75, 3.05) is 17.3 Å². The number of para-hydroxylation sites is 2. The van der Waals surface area contributed by atoms with Crippen molar-refractivity contribution >= 4 is 40.5 Å². The lowest BCUT2D eigenvalue weighted by atomic mass is 9.92. The Balaban J connectivity index is 1.47. The number of hydrogen-bond donors (Lipinski definition) is 1. The fourth-order valence-electron chi connectivity index (χ4n) is 5.44. The highest BCUT2D eigenvalue weighted by Gasteiger charge is 2.41. The van der Waals surface area contributed by atoms with Crippen molar-refractivity contribution in [1.29, 1.82) is 0 Å². The van der Waals surface area contributed by atoms with Crippen molar-refractivity contribution in [2.24, 2.45) is 9.98 Å². The van der Waals surface area contributed by atoms with E-state index in [0.29, 0.717) is 28.9 Å². The molecule has 9 heteroatoms. The van der Waals surface area contributed by atoms with Gasteiger partial charge in [0.15, 0.2) is 23.3 Å². The topological polar surface area (TPSA) is 97.0 Å². The van der Waals surface area contributed by atoms with Crippen LogP contribution in [-0.4, -0.2) is 39.5 Å². The lowest BCUT2D eigenvalue weighted by Gasteiger charge is -2.40. The molecular formula is C33H27N7O2. The van der Waals surface area contributed by atoms with Crippen LogP contribution in [0, 0.1) is 13.8 Å². The maximum Gasteiger partial charge on any atom is 0.337 e. The monoisotopic (exact) mass is 553 g/mol. The minimum Gasteiger partial charge on any atom is -0.465 e. The molecule has 0 bridgehead atoms. The zero-order valence-corrected chi connectivity index (χ0v) is 23.3. The van der Waals surface area contributed by atoms with Crippen LogP contribution in [0.3, 0.4) is 0 Å². The third-order valence-corrected chi connectivity index (χ3v) is 7.47. The molecule has 0 spiro atoms. The SMILES string of the molecule is COC(=O)c1ccc([C@@H]2c3c(C)nn(-c4ccccn4)c3N=C3C(Nc4ccc(C)cc4)=Nc4ccccc4N32)cc1. The largest absolute Gasteiger partial charge is 0.465 e. The zero-order chi connectivity index (χ0) is 28.8. The summed E-state index contributed by atoms with van der Waals surface area (Å²) < 4.78 is 6.73. The third kappa shape index (κ3) is 4.23. The predicted molar refractivity (Wildman–Crippen MR) is 164 cm³/mol. The Morgan fingerprint density at radius 3 is 2.38 bits per heavy atom. The van der Waals surface area contributed by atoms with Gasteiger partial charge in [0.2, 0.25) is 0 Å². The van der Waals surface area contributed by atoms with Crippen LogP contribution in [-0.2, 0) is 4.74 Å². The van der Waals surface area contributed by atoms with Gasteiger partial charge < -0.3 is 15.0 Å². The van der Waals surface area contributed by atoms with Crippen molar-refractivity contribution in [1.82, 2.24) is 14.8 Å². The van der Waals surface area contributed by atoms with Gasteiger partial charge in [-0.05, 0) is 67.9 Å². The van der Waals surface area contributed by atoms with E-state index in [1.165, 1.54) is 12.7 Å². The van der Waals surface area contributed by atoms with Gasteiger partial charge in [-0.3, -0.25) is 0 Å². The zero-order valence-electron chi connectivity index (χ0n) is 23.3. The van der Waals surface area contributed by atoms with Crippen LogP contribution in [0.25, 0.3) is 5.82 Å². The molecule has 9 nitrogen and oxygen atoms in total. The Labute approximate surface area is 242 Å². The molecule has 0 aliphatic carbocycles. The van der Waals surface area contributed by atoms with Crippen LogP contribution in [0.5, 0.6) is 0 Å². The van der Waals surface area contributed by atoms with Gasteiger partial charge in [-0.15, -0.1) is 0 Å². The van der Waals surface area contributed by atoms with Gasteiger partial charge in [0, 0.05) is 17.4 Å². The molecule has 0 saturated carbocycles. The molecular weight excluding hydrogens is 526 g/mol. The number of carbonyl (C=O) groups excluding carboxylic acids is 1. The highest BCUT2D eigenvalue weighted by molar-refractivity contribution is 6.51. The number of nitrogens with zero attached hydrogens (tertiary/aromatic N) is 6. The number of carbonyl (C=O) groups is 1. The first-order valence-electron chi connectivity index (χ1n) is 13.6. The van der Waals surface area contributed by atoms with Crippen molar-refractivity contribution in [2.45, 2.75) is 19.9 Å². The van der Waals surface area contributed by atoms with E-state index in [9.17, 15) is 4.79 Å². The highest BCUT2D eigenvalue weighted by atomic mass is 16.5. The van der Waals surface area contributed by atoms with Crippen LogP contribution in [0.15, 0.2) is 107 Å². The summed E-state index contributed by atoms with van der Waals surface area (Å²) in [5, 5.41) is 8.44. The van der Waals surface area contributed by atoms with Crippen LogP contribution in [0.2, 0.25) is 0 Å². The number of amidine groups is 2. The molecule has 206 valence electrons. The minimum absolute atomic E-state index is 0.317. The second-order valence-electron chi connectivity index (χ2n) is 10.2. The number of aryl methyl sites for hydroxylation is 2. The van der Waals surface area contributed by atoms with Crippen LogP contribution < -0.4 is 10.2 Å². The molecule has 0 radical (unpaired) electrons. The molecule has 0 amide bonds. The van der Waals surface area contributed by atoms with E-state index in [2.05, 4.69) is 40.3 Å². The van der Waals surface area contributed by atoms with E-state index in [0.717, 1.165) is 33.9 Å². The minimum atomic E-state index is -0.382. The summed E-state index contributed by atoms with van der Waals surface area (Å²) in [6, 6.07) is 29.1. The highest BCUT2D eigenvalue weighted by Crippen LogP contribution is 2.48. The summed E-state index contributed by atoms with van der Waals surface area (Å²) >= 11 is 0. The Morgan fingerprint density at radius 2 is 1.64 bits per heavy atom. The van der Waals surface area contributed by atoms with E-state index < -0.39 is 0 Å². The Kier molecular flexibility index (Phi) is 6.12. The van der Waals surface area contributed by atoms with E-state index >= 15 is 0 Å². The number of rotatable bonds is 4. The summed E-state index contributed by atoms with van der Waals surface area (Å²) in [7, 11) is 1.38. The van der Waals surface area contributed by atoms with Crippen molar-refractivity contribution < 1.29 is 9.53 Å². The van der Waals surface area contributed by atoms with E-state index in [1.54, 1.807) is 23.0 Å². The molecule has 42 heavy (non-hydrogen) atoms. The van der Waals surface area contributed by atoms with Crippen LogP contribution in [0.4, 0.5) is 22.9 Å². The summed E-state index contributed by atoms with van der Waals surface area (Å²) in [6.45, 7) is 4.05. The van der Waals surface area contributed by atoms with Crippen molar-refractivity contribution in [3.8, 4) is 5.82 Å². The number of nitrogens with one attached hydrogen (secondary N) is 1. The average Bonchev–Trinajstić information content (AvgIpc) is 3.37. The summed E-state index contributed by atoms with van der Waals surface area (Å²) in [4.78, 5) is 29.3. The molecule has 1 N–H and O–H groups in total. The van der Waals surface area contributed by atoms with Gasteiger partial charge >= 0.3 is 5.97 Å². The summed E-state index contributed by atoms with van der Waals surface area (Å²) in [5.41, 5.74) is 7.03. The standard InChI is InChI=1S/C33H27N7O2/c1-20-11-17-24(18-12-20)35-30-32-37-31-28(21(2)38-40(31)27-10-6-7-19-34-27)29(22-13-15-23(16-14-22)33(41)42-3)39(32)26-9-5-4-8-25(26)36-30/h4-19,29H,1-3H3,(H,35,36)/t29-/m1/s1. The quantitative estimate of drug-likeness (QED) is 0.256. The normalized spacial score (nSPS) is 15.1. The second kappa shape index (κ2) is 10.1. The number of benzene rings is 3. The number of aliphatic imine (C=N–C) groups is 2. The predicted octanol–water partition coefficient (Wildman–Crippen LogP) is 6.47. The Morgan fingerprint density at radius 1 is 0.881 bits per heavy atom. The van der Waals surface area contributed by atoms with Gasteiger partial charge in [0.25, 0.3) is 0 Å². The third-order valence-electron chi connectivity index (χ3n) is 7.47. The molecule has 1 atom stereocenters. The number of aromatic nitrogens is 3. The second-order valence-corrected chi connectivity index (χ2v) is 10.2. The molecule has 2 aliphatic heterocycles. The Bertz CT molecular complexity index is 1870. The molecule has 2 aliphatic rings. The Hall–Kier alpha value is -5.57. The molecule has 2 aromatic heterocycles. The average molecular weight is 554 g/mol. The first-order chi connectivity index (χ1) is 20.5. The molecule has 3 aromatic carbocycles. The van der Waals surface area contributed by atoms with E-state index in [1.807, 2.05) is 67.6 Å². The number of pyridine rings is 1. The number of anilines is 2. The molecule has 7 rings (SSSR count). The number of fused-ring (bicyclic) bond motifs is 4. The first kappa shape index (κ1) is 25.4.